The first-order valence-corrected chi connectivity index (χ1v) is 19.9. The third-order valence-electron chi connectivity index (χ3n) is 11.1. The quantitative estimate of drug-likeness (QED) is 0.108. The standard InChI is InChI=1S/C43H41BrN2O5S/c44-31-9-5-29(6-10-31)42-41(36-15-11-32(47)25-38(36)52-42)51-33-12-7-27(8-13-33)28-18-21-46(22-19-28)20-2-1-3-26-4-14-34-30(23-26)24-37(40(34)49)35-16-17-39(48)45-43(35)50/h4-15,23,25,28,35,37,47H,1-3,16-22,24H2,(H,45,48,50). The number of amides is 2. The van der Waals surface area contributed by atoms with Crippen LogP contribution in [-0.4, -0.2) is 47.2 Å². The minimum absolute atomic E-state index is 0.0459. The van der Waals surface area contributed by atoms with Crippen molar-refractivity contribution >= 4 is 55.0 Å². The summed E-state index contributed by atoms with van der Waals surface area (Å²) < 4.78 is 8.57. The highest BCUT2D eigenvalue weighted by Gasteiger charge is 2.41. The van der Waals surface area contributed by atoms with Crippen LogP contribution >= 0.6 is 27.3 Å². The second-order valence-corrected chi connectivity index (χ2v) is 16.4. The van der Waals surface area contributed by atoms with Crippen molar-refractivity contribution in [2.75, 3.05) is 19.6 Å². The van der Waals surface area contributed by atoms with E-state index in [0.717, 1.165) is 99.4 Å². The molecule has 52 heavy (non-hydrogen) atoms. The van der Waals surface area contributed by atoms with E-state index in [1.807, 2.05) is 24.3 Å². The number of ketones is 1. The fraction of sp³-hybridized carbons (Fsp3) is 0.326. The van der Waals surface area contributed by atoms with Crippen LogP contribution in [0.4, 0.5) is 0 Å². The first kappa shape index (κ1) is 34.8. The van der Waals surface area contributed by atoms with Crippen LogP contribution in [0, 0.1) is 11.8 Å². The second-order valence-electron chi connectivity index (χ2n) is 14.4. The molecule has 2 N–H and O–H groups in total. The number of aromatic hydroxyl groups is 1. The number of benzene rings is 4. The molecule has 9 heteroatoms. The van der Waals surface area contributed by atoms with E-state index in [0.29, 0.717) is 25.2 Å². The summed E-state index contributed by atoms with van der Waals surface area (Å²) in [6, 6.07) is 28.4. The number of rotatable bonds is 10. The summed E-state index contributed by atoms with van der Waals surface area (Å²) in [6.45, 7) is 3.28. The smallest absolute Gasteiger partial charge is 0.230 e. The Morgan fingerprint density at radius 3 is 2.42 bits per heavy atom. The summed E-state index contributed by atoms with van der Waals surface area (Å²) in [5, 5.41) is 13.5. The molecule has 2 amide bonds. The molecule has 1 aliphatic carbocycles. The van der Waals surface area contributed by atoms with E-state index in [4.69, 9.17) is 4.74 Å². The molecular weight excluding hydrogens is 736 g/mol. The van der Waals surface area contributed by atoms with Gasteiger partial charge < -0.3 is 14.7 Å². The first-order valence-electron chi connectivity index (χ1n) is 18.3. The number of imide groups is 1. The fourth-order valence-corrected chi connectivity index (χ4v) is 9.63. The Bertz CT molecular complexity index is 2140. The van der Waals surface area contributed by atoms with Crippen molar-refractivity contribution in [1.82, 2.24) is 10.2 Å². The van der Waals surface area contributed by atoms with Crippen molar-refractivity contribution in [3.8, 4) is 27.7 Å². The lowest BCUT2D eigenvalue weighted by Gasteiger charge is -2.32. The van der Waals surface area contributed by atoms with Crippen LogP contribution in [0.1, 0.15) is 71.5 Å². The highest BCUT2D eigenvalue weighted by molar-refractivity contribution is 9.10. The van der Waals surface area contributed by atoms with E-state index in [1.54, 1.807) is 23.5 Å². The first-order chi connectivity index (χ1) is 25.3. The Kier molecular flexibility index (Phi) is 10.0. The zero-order valence-corrected chi connectivity index (χ0v) is 31.3. The van der Waals surface area contributed by atoms with Crippen molar-refractivity contribution in [3.05, 3.63) is 112 Å². The number of ether oxygens (including phenoxy) is 1. The minimum Gasteiger partial charge on any atom is -0.508 e. The number of unbranched alkanes of at least 4 members (excludes halogenated alkanes) is 1. The van der Waals surface area contributed by atoms with Crippen molar-refractivity contribution in [3.63, 3.8) is 0 Å². The predicted molar refractivity (Wildman–Crippen MR) is 208 cm³/mol. The highest BCUT2D eigenvalue weighted by atomic mass is 79.9. The number of thiophene rings is 1. The maximum Gasteiger partial charge on any atom is 0.230 e. The number of piperidine rings is 2. The molecule has 1 aromatic heterocycles. The van der Waals surface area contributed by atoms with Gasteiger partial charge in [0.25, 0.3) is 0 Å². The molecule has 8 rings (SSSR count). The van der Waals surface area contributed by atoms with Crippen LogP contribution in [0.3, 0.4) is 0 Å². The van der Waals surface area contributed by atoms with E-state index in [9.17, 15) is 19.5 Å². The SMILES string of the molecule is O=C1CCC(C2Cc3cc(CCCCN4CCC(c5ccc(Oc6c(-c7ccc(Br)cc7)sc7cc(O)ccc67)cc5)CC4)ccc3C2=O)C(=O)N1. The number of carbonyl (C=O) groups is 3. The number of phenols is 1. The van der Waals surface area contributed by atoms with E-state index >= 15 is 0 Å². The van der Waals surface area contributed by atoms with Gasteiger partial charge in [0.15, 0.2) is 11.5 Å². The van der Waals surface area contributed by atoms with Crippen LogP contribution < -0.4 is 10.1 Å². The van der Waals surface area contributed by atoms with Crippen molar-refractivity contribution in [2.24, 2.45) is 11.8 Å². The lowest BCUT2D eigenvalue weighted by Crippen LogP contribution is -2.44. The Morgan fingerprint density at radius 2 is 1.65 bits per heavy atom. The normalized spacial score (nSPS) is 19.6. The zero-order chi connectivity index (χ0) is 35.8. The largest absolute Gasteiger partial charge is 0.508 e. The third-order valence-corrected chi connectivity index (χ3v) is 12.8. The Balaban J connectivity index is 0.817. The molecule has 2 saturated heterocycles. The number of likely N-dealkylation sites (tertiary alicyclic amines) is 1. The van der Waals surface area contributed by atoms with Gasteiger partial charge in [-0.05, 0) is 135 Å². The van der Waals surface area contributed by atoms with Crippen LogP contribution in [-0.2, 0) is 22.4 Å². The maximum atomic E-state index is 13.1. The average molecular weight is 778 g/mol. The zero-order valence-electron chi connectivity index (χ0n) is 28.9. The third kappa shape index (κ3) is 7.31. The van der Waals surface area contributed by atoms with Gasteiger partial charge in [0, 0.05) is 38.4 Å². The molecule has 4 aromatic carbocycles. The lowest BCUT2D eigenvalue weighted by atomic mass is 9.83. The van der Waals surface area contributed by atoms with Crippen molar-refractivity contribution in [2.45, 2.75) is 57.3 Å². The van der Waals surface area contributed by atoms with Crippen LogP contribution in [0.15, 0.2) is 89.4 Å². The number of nitrogens with zero attached hydrogens (tertiary/aromatic N) is 1. The van der Waals surface area contributed by atoms with E-state index in [2.05, 4.69) is 74.7 Å². The number of carbonyl (C=O) groups excluding carboxylic acids is 3. The summed E-state index contributed by atoms with van der Waals surface area (Å²) >= 11 is 5.16. The molecular formula is C43H41BrN2O5S. The van der Waals surface area contributed by atoms with Gasteiger partial charge in [-0.15, -0.1) is 11.3 Å². The van der Waals surface area contributed by atoms with Gasteiger partial charge in [0.2, 0.25) is 11.8 Å². The summed E-state index contributed by atoms with van der Waals surface area (Å²) in [4.78, 5) is 40.7. The second kappa shape index (κ2) is 15.0. The molecule has 2 fully saturated rings. The summed E-state index contributed by atoms with van der Waals surface area (Å²) in [7, 11) is 0. The molecule has 0 spiro atoms. The van der Waals surface area contributed by atoms with E-state index in [-0.39, 0.29) is 29.3 Å². The Hall–Kier alpha value is -4.31. The molecule has 2 aliphatic heterocycles. The monoisotopic (exact) mass is 776 g/mol. The molecule has 266 valence electrons. The van der Waals surface area contributed by atoms with Gasteiger partial charge in [0.05, 0.1) is 4.88 Å². The minimum atomic E-state index is -0.411. The van der Waals surface area contributed by atoms with Crippen LogP contribution in [0.25, 0.3) is 20.5 Å². The maximum absolute atomic E-state index is 13.1. The van der Waals surface area contributed by atoms with Gasteiger partial charge in [-0.1, -0.05) is 58.4 Å². The van der Waals surface area contributed by atoms with E-state index in [1.165, 1.54) is 11.1 Å². The number of halogens is 1. The number of nitrogens with one attached hydrogen (secondary N) is 1. The fourth-order valence-electron chi connectivity index (χ4n) is 8.19. The van der Waals surface area contributed by atoms with Crippen molar-refractivity contribution in [1.29, 1.82) is 0 Å². The number of phenolic OH excluding ortho intramolecular Hbond substituents is 1. The number of hydrogen-bond donors (Lipinski definition) is 2. The molecule has 7 nitrogen and oxygen atoms in total. The summed E-state index contributed by atoms with van der Waals surface area (Å²) in [5.41, 5.74) is 5.47. The summed E-state index contributed by atoms with van der Waals surface area (Å²) in [6.07, 6.45) is 6.82. The Morgan fingerprint density at radius 1 is 0.865 bits per heavy atom. The van der Waals surface area contributed by atoms with Gasteiger partial charge in [-0.3, -0.25) is 19.7 Å². The van der Waals surface area contributed by atoms with E-state index < -0.39 is 5.92 Å². The number of fused-ring (bicyclic) bond motifs is 2. The average Bonchev–Trinajstić information content (AvgIpc) is 3.67. The molecule has 0 radical (unpaired) electrons. The molecule has 2 unspecified atom stereocenters. The summed E-state index contributed by atoms with van der Waals surface area (Å²) in [5.74, 6) is 1.14. The number of aryl methyl sites for hydroxylation is 1. The molecule has 2 atom stereocenters. The molecule has 3 aliphatic rings. The Labute approximate surface area is 316 Å². The van der Waals surface area contributed by atoms with Crippen LogP contribution in [0.2, 0.25) is 0 Å². The molecule has 0 bridgehead atoms. The lowest BCUT2D eigenvalue weighted by molar-refractivity contribution is -0.137. The number of hydrogen-bond acceptors (Lipinski definition) is 7. The van der Waals surface area contributed by atoms with Gasteiger partial charge in [0.1, 0.15) is 11.5 Å². The predicted octanol–water partition coefficient (Wildman–Crippen LogP) is 9.44. The highest BCUT2D eigenvalue weighted by Crippen LogP contribution is 2.47. The molecule has 5 aromatic rings. The van der Waals surface area contributed by atoms with Gasteiger partial charge in [-0.25, -0.2) is 0 Å². The van der Waals surface area contributed by atoms with Gasteiger partial charge in [-0.2, -0.15) is 0 Å². The molecule has 3 heterocycles. The topological polar surface area (TPSA) is 95.9 Å². The van der Waals surface area contributed by atoms with Crippen molar-refractivity contribution < 1.29 is 24.2 Å². The van der Waals surface area contributed by atoms with Gasteiger partial charge >= 0.3 is 0 Å². The van der Waals surface area contributed by atoms with Crippen LogP contribution in [0.5, 0.6) is 17.2 Å². The molecule has 0 saturated carbocycles. The number of Topliss-reactive ketones (excluding diaryl/α,β-unsaturated/α-hetero) is 1.